The topological polar surface area (TPSA) is 82.0 Å². The van der Waals surface area contributed by atoms with Crippen LogP contribution in [0.3, 0.4) is 0 Å². The molecule has 0 N–H and O–H groups in total. The van der Waals surface area contributed by atoms with E-state index in [1.165, 1.54) is 0 Å². The molecule has 3 heterocycles. The van der Waals surface area contributed by atoms with Crippen molar-refractivity contribution >= 4 is 5.91 Å². The van der Waals surface area contributed by atoms with Crippen molar-refractivity contribution in [2.45, 2.75) is 38.8 Å². The average Bonchev–Trinajstić information content (AvgIpc) is 3.51. The maximum Gasteiger partial charge on any atom is 0.276 e. The first kappa shape index (κ1) is 22.4. The summed E-state index contributed by atoms with van der Waals surface area (Å²) in [6.07, 6.45) is 6.22. The highest BCUT2D eigenvalue weighted by Crippen LogP contribution is 2.38. The van der Waals surface area contributed by atoms with Gasteiger partial charge in [0.25, 0.3) is 5.91 Å². The standard InChI is InChI=1S/C23H33N5O4/c1-30-20-11-18(12-21(31-2)22(20)32-3)14-26-8-6-7-17(13-26)15-28-16-19(24-25-28)23(29)27-9-4-5-10-27/h11-12,16-17H,4-10,13-15H2,1-3H3. The first-order valence-electron chi connectivity index (χ1n) is 11.3. The van der Waals surface area contributed by atoms with E-state index in [1.54, 1.807) is 27.5 Å². The lowest BCUT2D eigenvalue weighted by atomic mass is 9.97. The number of likely N-dealkylation sites (tertiary alicyclic amines) is 2. The molecule has 174 valence electrons. The van der Waals surface area contributed by atoms with Crippen LogP contribution in [0.25, 0.3) is 0 Å². The Kier molecular flexibility index (Phi) is 7.14. The van der Waals surface area contributed by atoms with Crippen molar-refractivity contribution in [3.8, 4) is 17.2 Å². The van der Waals surface area contributed by atoms with Gasteiger partial charge >= 0.3 is 0 Å². The lowest BCUT2D eigenvalue weighted by molar-refractivity contribution is 0.0787. The van der Waals surface area contributed by atoms with Gasteiger partial charge in [0.05, 0.1) is 27.5 Å². The highest BCUT2D eigenvalue weighted by molar-refractivity contribution is 5.92. The highest BCUT2D eigenvalue weighted by Gasteiger charge is 2.25. The molecule has 0 radical (unpaired) electrons. The smallest absolute Gasteiger partial charge is 0.276 e. The minimum atomic E-state index is 0.00132. The zero-order chi connectivity index (χ0) is 22.5. The molecule has 0 spiro atoms. The molecule has 1 atom stereocenters. The number of benzene rings is 1. The number of carbonyl (C=O) groups excluding carboxylic acids is 1. The second kappa shape index (κ2) is 10.2. The number of carbonyl (C=O) groups is 1. The number of piperidine rings is 1. The normalized spacial score (nSPS) is 19.2. The number of hydrogen-bond donors (Lipinski definition) is 0. The molecular weight excluding hydrogens is 410 g/mol. The second-order valence-electron chi connectivity index (χ2n) is 8.60. The maximum atomic E-state index is 12.5. The van der Waals surface area contributed by atoms with Crippen LogP contribution in [0, 0.1) is 5.92 Å². The second-order valence-corrected chi connectivity index (χ2v) is 8.60. The predicted octanol–water partition coefficient (Wildman–Crippen LogP) is 2.45. The van der Waals surface area contributed by atoms with Crippen LogP contribution in [-0.2, 0) is 13.1 Å². The van der Waals surface area contributed by atoms with Crippen LogP contribution in [0.15, 0.2) is 18.3 Å². The van der Waals surface area contributed by atoms with E-state index in [2.05, 4.69) is 15.2 Å². The zero-order valence-corrected chi connectivity index (χ0v) is 19.2. The molecule has 0 bridgehead atoms. The molecule has 2 aromatic rings. The third-order valence-corrected chi connectivity index (χ3v) is 6.33. The van der Waals surface area contributed by atoms with E-state index in [0.717, 1.165) is 70.5 Å². The Morgan fingerprint density at radius 3 is 2.41 bits per heavy atom. The Balaban J connectivity index is 1.37. The van der Waals surface area contributed by atoms with Crippen molar-refractivity contribution in [2.75, 3.05) is 47.5 Å². The molecule has 2 fully saturated rings. The molecule has 9 heteroatoms. The number of hydrogen-bond acceptors (Lipinski definition) is 7. The van der Waals surface area contributed by atoms with E-state index in [0.29, 0.717) is 28.9 Å². The Morgan fingerprint density at radius 1 is 1.03 bits per heavy atom. The maximum absolute atomic E-state index is 12.5. The summed E-state index contributed by atoms with van der Waals surface area (Å²) < 4.78 is 18.3. The summed E-state index contributed by atoms with van der Waals surface area (Å²) in [5.74, 6) is 2.42. The summed E-state index contributed by atoms with van der Waals surface area (Å²) in [5, 5.41) is 8.37. The minimum absolute atomic E-state index is 0.00132. The van der Waals surface area contributed by atoms with Crippen molar-refractivity contribution < 1.29 is 19.0 Å². The van der Waals surface area contributed by atoms with Crippen LogP contribution in [-0.4, -0.2) is 78.2 Å². The minimum Gasteiger partial charge on any atom is -0.493 e. The Hall–Kier alpha value is -2.81. The monoisotopic (exact) mass is 443 g/mol. The SMILES string of the molecule is COc1cc(CN2CCCC(Cn3cc(C(=O)N4CCCC4)nn3)C2)cc(OC)c1OC. The van der Waals surface area contributed by atoms with Gasteiger partial charge in [0.1, 0.15) is 0 Å². The van der Waals surface area contributed by atoms with Gasteiger partial charge in [-0.2, -0.15) is 0 Å². The summed E-state index contributed by atoms with van der Waals surface area (Å²) in [7, 11) is 4.89. The molecule has 1 unspecified atom stereocenters. The summed E-state index contributed by atoms with van der Waals surface area (Å²) in [6.45, 7) is 5.23. The van der Waals surface area contributed by atoms with Gasteiger partial charge < -0.3 is 19.1 Å². The number of ether oxygens (including phenoxy) is 3. The van der Waals surface area contributed by atoms with Crippen LogP contribution < -0.4 is 14.2 Å². The number of aromatic nitrogens is 3. The molecule has 1 amide bonds. The van der Waals surface area contributed by atoms with Gasteiger partial charge in [0, 0.05) is 32.7 Å². The van der Waals surface area contributed by atoms with Crippen molar-refractivity contribution in [3.63, 3.8) is 0 Å². The first-order valence-corrected chi connectivity index (χ1v) is 11.3. The van der Waals surface area contributed by atoms with Crippen molar-refractivity contribution in [1.82, 2.24) is 24.8 Å². The lowest BCUT2D eigenvalue weighted by Crippen LogP contribution is -2.36. The molecule has 1 aromatic carbocycles. The van der Waals surface area contributed by atoms with E-state index >= 15 is 0 Å². The molecule has 9 nitrogen and oxygen atoms in total. The fourth-order valence-corrected chi connectivity index (χ4v) is 4.76. The number of nitrogens with zero attached hydrogens (tertiary/aromatic N) is 5. The summed E-state index contributed by atoms with van der Waals surface area (Å²) >= 11 is 0. The van der Waals surface area contributed by atoms with Crippen LogP contribution in [0.1, 0.15) is 41.7 Å². The Labute approximate surface area is 189 Å². The summed E-state index contributed by atoms with van der Waals surface area (Å²) in [5.41, 5.74) is 1.58. The van der Waals surface area contributed by atoms with Gasteiger partial charge in [-0.15, -0.1) is 5.10 Å². The molecular formula is C23H33N5O4. The van der Waals surface area contributed by atoms with E-state index in [1.807, 2.05) is 21.7 Å². The average molecular weight is 444 g/mol. The van der Waals surface area contributed by atoms with Crippen molar-refractivity contribution in [3.05, 3.63) is 29.6 Å². The van der Waals surface area contributed by atoms with Crippen molar-refractivity contribution in [2.24, 2.45) is 5.92 Å². The molecule has 0 aliphatic carbocycles. The molecule has 0 saturated carbocycles. The van der Waals surface area contributed by atoms with Crippen molar-refractivity contribution in [1.29, 1.82) is 0 Å². The molecule has 4 rings (SSSR count). The molecule has 32 heavy (non-hydrogen) atoms. The Morgan fingerprint density at radius 2 is 1.75 bits per heavy atom. The van der Waals surface area contributed by atoms with Crippen LogP contribution >= 0.6 is 0 Å². The summed E-state index contributed by atoms with van der Waals surface area (Å²) in [4.78, 5) is 16.8. The lowest BCUT2D eigenvalue weighted by Gasteiger charge is -2.32. The van der Waals surface area contributed by atoms with Gasteiger partial charge in [0.2, 0.25) is 5.75 Å². The van der Waals surface area contributed by atoms with Crippen LogP contribution in [0.4, 0.5) is 0 Å². The fraction of sp³-hybridized carbons (Fsp3) is 0.609. The van der Waals surface area contributed by atoms with Gasteiger partial charge in [-0.1, -0.05) is 5.21 Å². The molecule has 2 saturated heterocycles. The Bertz CT molecular complexity index is 900. The first-order chi connectivity index (χ1) is 15.6. The van der Waals surface area contributed by atoms with Crippen LogP contribution in [0.5, 0.6) is 17.2 Å². The molecule has 2 aliphatic heterocycles. The third-order valence-electron chi connectivity index (χ3n) is 6.33. The largest absolute Gasteiger partial charge is 0.493 e. The van der Waals surface area contributed by atoms with E-state index in [9.17, 15) is 4.79 Å². The summed E-state index contributed by atoms with van der Waals surface area (Å²) in [6, 6.07) is 4.03. The quantitative estimate of drug-likeness (QED) is 0.620. The van der Waals surface area contributed by atoms with Gasteiger partial charge in [0.15, 0.2) is 17.2 Å². The van der Waals surface area contributed by atoms with Gasteiger partial charge in [-0.3, -0.25) is 14.4 Å². The van der Waals surface area contributed by atoms with E-state index in [4.69, 9.17) is 14.2 Å². The van der Waals surface area contributed by atoms with Gasteiger partial charge in [-0.05, 0) is 55.8 Å². The molecule has 1 aromatic heterocycles. The zero-order valence-electron chi connectivity index (χ0n) is 19.2. The van der Waals surface area contributed by atoms with Crippen LogP contribution in [0.2, 0.25) is 0 Å². The fourth-order valence-electron chi connectivity index (χ4n) is 4.76. The number of rotatable bonds is 8. The van der Waals surface area contributed by atoms with E-state index < -0.39 is 0 Å². The van der Waals surface area contributed by atoms with Gasteiger partial charge in [-0.25, -0.2) is 0 Å². The highest BCUT2D eigenvalue weighted by atomic mass is 16.5. The third kappa shape index (κ3) is 4.98. The molecule has 2 aliphatic rings. The van der Waals surface area contributed by atoms with E-state index in [-0.39, 0.29) is 5.91 Å². The predicted molar refractivity (Wildman–Crippen MR) is 119 cm³/mol. The number of amides is 1. The number of methoxy groups -OCH3 is 3.